The topological polar surface area (TPSA) is 128 Å². The van der Waals surface area contributed by atoms with Crippen LogP contribution in [0, 0.1) is 6.92 Å². The maximum absolute atomic E-state index is 12.8. The molecule has 2 aliphatic heterocycles. The van der Waals surface area contributed by atoms with Gasteiger partial charge in [-0.15, -0.1) is 0 Å². The molecule has 5 aromatic heterocycles. The highest BCUT2D eigenvalue weighted by Gasteiger charge is 2.50. The fourth-order valence-corrected chi connectivity index (χ4v) is 8.58. The first-order chi connectivity index (χ1) is 23.3. The van der Waals surface area contributed by atoms with E-state index in [1.54, 1.807) is 0 Å². The lowest BCUT2D eigenvalue weighted by Crippen LogP contribution is -2.43. The number of halogens is 1. The second-order valence-corrected chi connectivity index (χ2v) is 15.0. The summed E-state index contributed by atoms with van der Waals surface area (Å²) in [5.74, 6) is 0.196. The zero-order valence-electron chi connectivity index (χ0n) is 26.6. The van der Waals surface area contributed by atoms with Crippen molar-refractivity contribution in [2.24, 2.45) is 0 Å². The molecule has 7 heterocycles. The first-order valence-electron chi connectivity index (χ1n) is 17.0. The van der Waals surface area contributed by atoms with Gasteiger partial charge in [-0.05, 0) is 104 Å². The second-order valence-electron chi connectivity index (χ2n) is 14.6. The average Bonchev–Trinajstić information content (AvgIpc) is 3.91. The minimum Gasteiger partial charge on any atom is -0.357 e. The molecule has 2 spiro atoms. The second kappa shape index (κ2) is 9.89. The molecule has 6 aliphatic rings. The number of fused-ring (bicyclic) bond motifs is 10. The van der Waals surface area contributed by atoms with E-state index in [4.69, 9.17) is 11.6 Å². The predicted octanol–water partition coefficient (Wildman–Crippen LogP) is 6.01. The maximum atomic E-state index is 12.8. The summed E-state index contributed by atoms with van der Waals surface area (Å²) in [6.45, 7) is 2.04. The summed E-state index contributed by atoms with van der Waals surface area (Å²) in [6.07, 6.45) is 17.4. The number of aromatic amines is 2. The molecule has 0 unspecified atom stereocenters. The molecule has 4 aliphatic carbocycles. The van der Waals surface area contributed by atoms with E-state index in [0.717, 1.165) is 126 Å². The Morgan fingerprint density at radius 1 is 0.688 bits per heavy atom. The van der Waals surface area contributed by atoms with Crippen molar-refractivity contribution < 1.29 is 9.59 Å². The molecular weight excluding hydrogens is 622 g/mol. The summed E-state index contributed by atoms with van der Waals surface area (Å²) in [5.41, 5.74) is 16.3. The molecule has 48 heavy (non-hydrogen) atoms. The van der Waals surface area contributed by atoms with Gasteiger partial charge in [0.15, 0.2) is 0 Å². The zero-order valence-corrected chi connectivity index (χ0v) is 27.4. The largest absolute Gasteiger partial charge is 0.357 e. The van der Waals surface area contributed by atoms with Crippen molar-refractivity contribution in [3.63, 3.8) is 0 Å². The Hall–Kier alpha value is -4.76. The van der Waals surface area contributed by atoms with E-state index in [2.05, 4.69) is 47.7 Å². The normalized spacial score (nSPS) is 19.4. The van der Waals surface area contributed by atoms with Crippen LogP contribution < -0.4 is 10.6 Å². The highest BCUT2D eigenvalue weighted by atomic mass is 35.5. The van der Waals surface area contributed by atoms with Crippen LogP contribution in [0.4, 0.5) is 0 Å². The van der Waals surface area contributed by atoms with Crippen molar-refractivity contribution in [3.8, 4) is 33.8 Å². The van der Waals surface area contributed by atoms with Gasteiger partial charge in [0.2, 0.25) is 0 Å². The molecule has 9 nitrogen and oxygen atoms in total. The predicted molar refractivity (Wildman–Crippen MR) is 182 cm³/mol. The van der Waals surface area contributed by atoms with Crippen LogP contribution in [0.25, 0.3) is 33.8 Å². The molecule has 11 rings (SSSR count). The van der Waals surface area contributed by atoms with Crippen molar-refractivity contribution in [1.29, 1.82) is 0 Å². The van der Waals surface area contributed by atoms with Crippen LogP contribution in [-0.4, -0.2) is 47.8 Å². The minimum absolute atomic E-state index is 0.0248. The van der Waals surface area contributed by atoms with Crippen molar-refractivity contribution in [2.45, 2.75) is 82.2 Å². The first-order valence-corrected chi connectivity index (χ1v) is 17.3. The maximum Gasteiger partial charge on any atom is 0.253 e. The zero-order chi connectivity index (χ0) is 32.4. The number of H-pyrrole nitrogens is 2. The number of pyridine rings is 3. The van der Waals surface area contributed by atoms with Crippen LogP contribution >= 0.6 is 11.6 Å². The number of aromatic nitrogens is 5. The number of aryl methyl sites for hydroxylation is 3. The molecular formula is C38H34ClN7O2. The number of nitrogens with one attached hydrogen (secondary N) is 4. The van der Waals surface area contributed by atoms with E-state index < -0.39 is 0 Å². The number of hydrogen-bond acceptors (Lipinski definition) is 5. The van der Waals surface area contributed by atoms with E-state index in [9.17, 15) is 9.59 Å². The van der Waals surface area contributed by atoms with E-state index in [0.29, 0.717) is 5.15 Å². The third-order valence-corrected chi connectivity index (χ3v) is 11.5. The van der Waals surface area contributed by atoms with Gasteiger partial charge >= 0.3 is 0 Å². The number of carbonyl (C=O) groups is 2. The standard InChI is InChI=1S/C22H20N4O.C16H14ClN3O/c1-12-6-14(10-23-9-12)17-7-16-13(11-24-17)2-3-15-19-18(25-20(15)16)8-22(4-5-22)26-21(19)27;17-12-5-10-8(7-18-12)1-2-9-13-11(19-14(9)10)6-16(3-4-16)20-15(13)21/h6-7,9-11,25H,2-5,8H2,1H3,(H,26,27);5,7,19H,1-4,6H2,(H,20,21). The molecule has 2 fully saturated rings. The van der Waals surface area contributed by atoms with Crippen molar-refractivity contribution in [1.82, 2.24) is 35.6 Å². The smallest absolute Gasteiger partial charge is 0.253 e. The lowest BCUT2D eigenvalue weighted by Gasteiger charge is -2.24. The van der Waals surface area contributed by atoms with Crippen LogP contribution in [0.15, 0.2) is 43.0 Å². The fraction of sp³-hybridized carbons (Fsp3) is 0.342. The summed E-state index contributed by atoms with van der Waals surface area (Å²) in [4.78, 5) is 45.5. The summed E-state index contributed by atoms with van der Waals surface area (Å²) in [6, 6.07) is 6.16. The van der Waals surface area contributed by atoms with E-state index in [-0.39, 0.29) is 22.9 Å². The van der Waals surface area contributed by atoms with Crippen LogP contribution in [0.2, 0.25) is 5.15 Å². The van der Waals surface area contributed by atoms with E-state index in [1.165, 1.54) is 22.3 Å². The van der Waals surface area contributed by atoms with Gasteiger partial charge in [0.05, 0.1) is 28.2 Å². The molecule has 0 aromatic carbocycles. The molecule has 10 heteroatoms. The molecule has 4 N–H and O–H groups in total. The van der Waals surface area contributed by atoms with Crippen LogP contribution in [0.1, 0.15) is 85.6 Å². The van der Waals surface area contributed by atoms with Gasteiger partial charge in [0.1, 0.15) is 5.15 Å². The van der Waals surface area contributed by atoms with Crippen LogP contribution in [0.3, 0.4) is 0 Å². The summed E-state index contributed by atoms with van der Waals surface area (Å²) in [7, 11) is 0. The number of carbonyl (C=O) groups excluding carboxylic acids is 2. The van der Waals surface area contributed by atoms with Gasteiger partial charge in [-0.2, -0.15) is 0 Å². The number of nitrogens with zero attached hydrogens (tertiary/aromatic N) is 3. The van der Waals surface area contributed by atoms with Gasteiger partial charge in [-0.25, -0.2) is 4.98 Å². The molecule has 2 amide bonds. The van der Waals surface area contributed by atoms with Crippen LogP contribution in [0.5, 0.6) is 0 Å². The van der Waals surface area contributed by atoms with Crippen molar-refractivity contribution in [2.75, 3.05) is 0 Å². The Balaban J connectivity index is 0.000000127. The minimum atomic E-state index is 0.0248. The summed E-state index contributed by atoms with van der Waals surface area (Å²) in [5, 5.41) is 6.94. The van der Waals surface area contributed by atoms with Gasteiger partial charge in [-0.3, -0.25) is 19.6 Å². The Labute approximate surface area is 282 Å². The van der Waals surface area contributed by atoms with E-state index >= 15 is 0 Å². The summed E-state index contributed by atoms with van der Waals surface area (Å²) >= 11 is 6.05. The van der Waals surface area contributed by atoms with Gasteiger partial charge < -0.3 is 20.6 Å². The highest BCUT2D eigenvalue weighted by molar-refractivity contribution is 6.29. The molecule has 0 bridgehead atoms. The Morgan fingerprint density at radius 3 is 1.81 bits per heavy atom. The third kappa shape index (κ3) is 4.40. The number of rotatable bonds is 1. The van der Waals surface area contributed by atoms with Gasteiger partial charge in [0, 0.05) is 76.8 Å². The van der Waals surface area contributed by atoms with E-state index in [1.807, 2.05) is 37.8 Å². The Bertz CT molecular complexity index is 2240. The molecule has 0 saturated heterocycles. The average molecular weight is 656 g/mol. The molecule has 2 saturated carbocycles. The van der Waals surface area contributed by atoms with Gasteiger partial charge in [0.25, 0.3) is 11.8 Å². The highest BCUT2D eigenvalue weighted by Crippen LogP contribution is 2.47. The monoisotopic (exact) mass is 655 g/mol. The summed E-state index contributed by atoms with van der Waals surface area (Å²) < 4.78 is 0. The Morgan fingerprint density at radius 2 is 1.25 bits per heavy atom. The Kier molecular flexibility index (Phi) is 5.82. The fourth-order valence-electron chi connectivity index (χ4n) is 8.42. The lowest BCUT2D eigenvalue weighted by molar-refractivity contribution is 0.0908. The number of hydrogen-bond donors (Lipinski definition) is 4. The molecule has 5 aromatic rings. The molecule has 240 valence electrons. The molecule has 0 atom stereocenters. The first kappa shape index (κ1) is 28.3. The molecule has 0 radical (unpaired) electrons. The number of amides is 2. The third-order valence-electron chi connectivity index (χ3n) is 11.2. The van der Waals surface area contributed by atoms with Crippen molar-refractivity contribution in [3.05, 3.63) is 98.5 Å². The quantitative estimate of drug-likeness (QED) is 0.164. The lowest BCUT2D eigenvalue weighted by atomic mass is 9.87. The van der Waals surface area contributed by atoms with Crippen molar-refractivity contribution >= 4 is 23.4 Å². The van der Waals surface area contributed by atoms with Gasteiger partial charge in [-0.1, -0.05) is 11.6 Å². The van der Waals surface area contributed by atoms with Crippen LogP contribution in [-0.2, 0) is 38.5 Å². The SMILES string of the molecule is Cc1cncc(-c2cc3c(cn2)CCc2c-3[nH]c3c2C(=O)NC2(CC2)C3)c1.O=C1NC2(CC2)Cc2[nH]c3c(c21)CCc1cnc(Cl)cc1-3.